The Balaban J connectivity index is 1.27. The van der Waals surface area contributed by atoms with Crippen molar-refractivity contribution in [2.75, 3.05) is 39.3 Å². The summed E-state index contributed by atoms with van der Waals surface area (Å²) in [7, 11) is 0. The van der Waals surface area contributed by atoms with Crippen LogP contribution in [0.1, 0.15) is 32.7 Å². The summed E-state index contributed by atoms with van der Waals surface area (Å²) in [6.45, 7) is 9.54. The van der Waals surface area contributed by atoms with Crippen LogP contribution in [0.5, 0.6) is 0 Å². The second-order valence-corrected chi connectivity index (χ2v) is 10.2. The summed E-state index contributed by atoms with van der Waals surface area (Å²) in [6, 6.07) is 13.5. The number of urea groups is 1. The van der Waals surface area contributed by atoms with Gasteiger partial charge in [-0.15, -0.1) is 0 Å². The van der Waals surface area contributed by atoms with Crippen molar-refractivity contribution in [1.29, 1.82) is 0 Å². The van der Waals surface area contributed by atoms with Crippen LogP contribution < -0.4 is 0 Å². The number of amides is 2. The highest BCUT2D eigenvalue weighted by molar-refractivity contribution is 6.31. The molecule has 34 heavy (non-hydrogen) atoms. The lowest BCUT2D eigenvalue weighted by molar-refractivity contribution is 0.158. The maximum Gasteiger partial charge on any atom is 0.320 e. The molecule has 0 spiro atoms. The van der Waals surface area contributed by atoms with Gasteiger partial charge >= 0.3 is 6.03 Å². The van der Waals surface area contributed by atoms with E-state index in [4.69, 9.17) is 11.6 Å². The third-order valence-electron chi connectivity index (χ3n) is 7.34. The molecular weight excluding hydrogens is 451 g/mol. The number of carbonyl (C=O) groups is 1. The minimum Gasteiger partial charge on any atom is -0.344 e. The van der Waals surface area contributed by atoms with Gasteiger partial charge in [0.25, 0.3) is 0 Å². The molecule has 0 radical (unpaired) electrons. The van der Waals surface area contributed by atoms with Gasteiger partial charge in [-0.1, -0.05) is 29.8 Å². The SMILES string of the molecule is CC(C)N1CCN(CCN2CCC(n3cc(-c4ccc(F)cc4)c4ccc(Cl)cc43)CC2)C1=O. The maximum absolute atomic E-state index is 13.5. The Morgan fingerprint density at radius 2 is 1.74 bits per heavy atom. The predicted molar refractivity (Wildman–Crippen MR) is 136 cm³/mol. The number of hydrogen-bond acceptors (Lipinski definition) is 2. The minimum absolute atomic E-state index is 0.175. The molecule has 0 atom stereocenters. The molecule has 5 rings (SSSR count). The molecule has 1 aromatic heterocycles. The highest BCUT2D eigenvalue weighted by Gasteiger charge is 2.30. The number of hydrogen-bond donors (Lipinski definition) is 0. The van der Waals surface area contributed by atoms with E-state index in [1.165, 1.54) is 12.1 Å². The number of piperidine rings is 1. The summed E-state index contributed by atoms with van der Waals surface area (Å²) in [5.41, 5.74) is 3.24. The summed E-state index contributed by atoms with van der Waals surface area (Å²) >= 11 is 6.37. The van der Waals surface area contributed by atoms with Crippen LogP contribution in [0.25, 0.3) is 22.0 Å². The molecule has 2 aliphatic heterocycles. The fourth-order valence-electron chi connectivity index (χ4n) is 5.36. The zero-order valence-electron chi connectivity index (χ0n) is 19.9. The molecule has 0 aliphatic carbocycles. The van der Waals surface area contributed by atoms with Crippen molar-refractivity contribution in [3.63, 3.8) is 0 Å². The number of halogens is 2. The van der Waals surface area contributed by atoms with Crippen LogP contribution in [0.2, 0.25) is 5.02 Å². The predicted octanol–water partition coefficient (Wildman–Crippen LogP) is 5.88. The van der Waals surface area contributed by atoms with Crippen molar-refractivity contribution in [1.82, 2.24) is 19.3 Å². The molecule has 7 heteroatoms. The number of fused-ring (bicyclic) bond motifs is 1. The highest BCUT2D eigenvalue weighted by atomic mass is 35.5. The van der Waals surface area contributed by atoms with Gasteiger partial charge in [0, 0.05) is 73.5 Å². The van der Waals surface area contributed by atoms with E-state index < -0.39 is 0 Å². The van der Waals surface area contributed by atoms with Crippen LogP contribution in [-0.2, 0) is 0 Å². The largest absolute Gasteiger partial charge is 0.344 e. The van der Waals surface area contributed by atoms with Crippen LogP contribution in [-0.4, -0.2) is 70.6 Å². The van der Waals surface area contributed by atoms with E-state index in [1.807, 2.05) is 34.1 Å². The first-order valence-electron chi connectivity index (χ1n) is 12.2. The van der Waals surface area contributed by atoms with Crippen molar-refractivity contribution >= 4 is 28.5 Å². The summed E-state index contributed by atoms with van der Waals surface area (Å²) < 4.78 is 15.9. The first-order valence-corrected chi connectivity index (χ1v) is 12.6. The third kappa shape index (κ3) is 4.53. The molecule has 2 aromatic carbocycles. The number of rotatable bonds is 6. The van der Waals surface area contributed by atoms with E-state index in [9.17, 15) is 9.18 Å². The molecule has 5 nitrogen and oxygen atoms in total. The number of nitrogens with zero attached hydrogens (tertiary/aromatic N) is 4. The van der Waals surface area contributed by atoms with Gasteiger partial charge in [0.15, 0.2) is 0 Å². The molecule has 180 valence electrons. The Morgan fingerprint density at radius 3 is 2.41 bits per heavy atom. The van der Waals surface area contributed by atoms with E-state index in [0.717, 1.165) is 79.2 Å². The highest BCUT2D eigenvalue weighted by Crippen LogP contribution is 2.36. The normalized spacial score (nSPS) is 18.1. The first kappa shape index (κ1) is 23.2. The molecule has 3 aromatic rings. The van der Waals surface area contributed by atoms with Gasteiger partial charge in [-0.25, -0.2) is 9.18 Å². The first-order chi connectivity index (χ1) is 16.4. The molecule has 2 fully saturated rings. The molecule has 0 unspecified atom stereocenters. The number of likely N-dealkylation sites (tertiary alicyclic amines) is 1. The Hall–Kier alpha value is -2.57. The third-order valence-corrected chi connectivity index (χ3v) is 7.57. The molecular formula is C27H32ClFN4O. The van der Waals surface area contributed by atoms with Crippen molar-refractivity contribution in [2.24, 2.45) is 0 Å². The van der Waals surface area contributed by atoms with E-state index >= 15 is 0 Å². The second kappa shape index (κ2) is 9.59. The van der Waals surface area contributed by atoms with Crippen LogP contribution in [0, 0.1) is 5.82 Å². The molecule has 0 N–H and O–H groups in total. The zero-order valence-corrected chi connectivity index (χ0v) is 20.6. The fourth-order valence-corrected chi connectivity index (χ4v) is 5.52. The van der Waals surface area contributed by atoms with Crippen LogP contribution in [0.15, 0.2) is 48.7 Å². The summed E-state index contributed by atoms with van der Waals surface area (Å²) in [5.74, 6) is -0.226. The average Bonchev–Trinajstić information content (AvgIpc) is 3.39. The molecule has 2 aliphatic rings. The number of benzene rings is 2. The quantitative estimate of drug-likeness (QED) is 0.439. The van der Waals surface area contributed by atoms with Crippen molar-refractivity contribution in [2.45, 2.75) is 38.8 Å². The molecule has 0 saturated carbocycles. The van der Waals surface area contributed by atoms with Gasteiger partial charge < -0.3 is 19.3 Å². The average molecular weight is 483 g/mol. The monoisotopic (exact) mass is 482 g/mol. The van der Waals surface area contributed by atoms with Crippen LogP contribution in [0.4, 0.5) is 9.18 Å². The van der Waals surface area contributed by atoms with Gasteiger partial charge in [-0.3, -0.25) is 0 Å². The smallest absolute Gasteiger partial charge is 0.320 e. The lowest BCUT2D eigenvalue weighted by atomic mass is 10.0. The lowest BCUT2D eigenvalue weighted by Crippen LogP contribution is -2.42. The zero-order chi connectivity index (χ0) is 23.8. The Bertz CT molecular complexity index is 1170. The molecule has 0 bridgehead atoms. The summed E-state index contributed by atoms with van der Waals surface area (Å²) in [4.78, 5) is 19.0. The molecule has 3 heterocycles. The number of carbonyl (C=O) groups excluding carboxylic acids is 1. The number of aromatic nitrogens is 1. The molecule has 2 saturated heterocycles. The van der Waals surface area contributed by atoms with Crippen LogP contribution in [0.3, 0.4) is 0 Å². The second-order valence-electron chi connectivity index (χ2n) is 9.75. The topological polar surface area (TPSA) is 31.7 Å². The van der Waals surface area contributed by atoms with Crippen molar-refractivity contribution in [3.8, 4) is 11.1 Å². The summed E-state index contributed by atoms with van der Waals surface area (Å²) in [6.07, 6.45) is 4.30. The molecule has 2 amide bonds. The maximum atomic E-state index is 13.5. The van der Waals surface area contributed by atoms with E-state index in [2.05, 4.69) is 35.6 Å². The Kier molecular flexibility index (Phi) is 6.54. The van der Waals surface area contributed by atoms with E-state index in [0.29, 0.717) is 6.04 Å². The van der Waals surface area contributed by atoms with Crippen LogP contribution >= 0.6 is 11.6 Å². The van der Waals surface area contributed by atoms with E-state index in [-0.39, 0.29) is 17.9 Å². The minimum atomic E-state index is -0.226. The Labute approximate surface area is 205 Å². The fraction of sp³-hybridized carbons (Fsp3) is 0.444. The van der Waals surface area contributed by atoms with Crippen molar-refractivity contribution in [3.05, 3.63) is 59.5 Å². The summed E-state index contributed by atoms with van der Waals surface area (Å²) in [5, 5.41) is 1.86. The van der Waals surface area contributed by atoms with Gasteiger partial charge in [0.05, 0.1) is 5.52 Å². The van der Waals surface area contributed by atoms with Gasteiger partial charge in [-0.05, 0) is 56.5 Å². The van der Waals surface area contributed by atoms with Gasteiger partial charge in [0.1, 0.15) is 5.82 Å². The van der Waals surface area contributed by atoms with Crippen molar-refractivity contribution < 1.29 is 9.18 Å². The Morgan fingerprint density at radius 1 is 1.00 bits per heavy atom. The van der Waals surface area contributed by atoms with E-state index in [1.54, 1.807) is 0 Å². The van der Waals surface area contributed by atoms with Gasteiger partial charge in [0.2, 0.25) is 0 Å². The van der Waals surface area contributed by atoms with Gasteiger partial charge in [-0.2, -0.15) is 0 Å². The lowest BCUT2D eigenvalue weighted by Gasteiger charge is -2.34. The standard InChI is InChI=1S/C27H32ClFN4O/c1-19(2)32-16-15-31(27(32)34)14-13-30-11-9-23(10-12-30)33-18-25(20-3-6-22(29)7-4-20)24-8-5-21(28)17-26(24)33/h3-8,17-19,23H,9-16H2,1-2H3.